The molecule has 0 saturated heterocycles. The molecule has 1 atom stereocenters. The average Bonchev–Trinajstić information content (AvgIpc) is 2.98. The van der Waals surface area contributed by atoms with Gasteiger partial charge in [-0.2, -0.15) is 0 Å². The van der Waals surface area contributed by atoms with Crippen molar-refractivity contribution in [1.29, 1.82) is 0 Å². The number of hydrogen-bond donors (Lipinski definition) is 2. The molecule has 44 heavy (non-hydrogen) atoms. The number of ether oxygens (including phenoxy) is 2. The molecule has 0 saturated carbocycles. The number of rotatable bonds is 32. The van der Waals surface area contributed by atoms with Crippen molar-refractivity contribution in [2.45, 2.75) is 174 Å². The highest BCUT2D eigenvalue weighted by Gasteiger charge is 2.22. The number of hydrogen-bond acceptors (Lipinski definition) is 6. The number of carbonyl (C=O) groups is 2. The van der Waals surface area contributed by atoms with Gasteiger partial charge >= 0.3 is 19.8 Å². The second-order valence-corrected chi connectivity index (χ2v) is 13.2. The van der Waals surface area contributed by atoms with Gasteiger partial charge in [-0.1, -0.05) is 160 Å². The van der Waals surface area contributed by atoms with Crippen LogP contribution in [0.2, 0.25) is 0 Å². The van der Waals surface area contributed by atoms with Gasteiger partial charge in [-0.25, -0.2) is 9.36 Å². The molecule has 0 aromatic rings. The summed E-state index contributed by atoms with van der Waals surface area (Å²) in [5.74, 6) is -1.14. The van der Waals surface area contributed by atoms with Crippen LogP contribution in [0.15, 0.2) is 24.3 Å². The van der Waals surface area contributed by atoms with Crippen LogP contribution in [0.25, 0.3) is 0 Å². The maximum Gasteiger partial charge on any atom is 0.469 e. The highest BCUT2D eigenvalue weighted by molar-refractivity contribution is 7.46. The maximum atomic E-state index is 12.3. The molecule has 0 aliphatic rings. The van der Waals surface area contributed by atoms with Crippen molar-refractivity contribution < 1.29 is 37.9 Å². The van der Waals surface area contributed by atoms with Crippen molar-refractivity contribution in [2.24, 2.45) is 0 Å². The molecule has 0 rings (SSSR count). The summed E-state index contributed by atoms with van der Waals surface area (Å²) in [6, 6.07) is 0. The third kappa shape index (κ3) is 33.4. The zero-order valence-corrected chi connectivity index (χ0v) is 29.0. The number of esters is 2. The second-order valence-electron chi connectivity index (χ2n) is 11.9. The summed E-state index contributed by atoms with van der Waals surface area (Å²) in [5, 5.41) is 0. The van der Waals surface area contributed by atoms with Gasteiger partial charge in [0.15, 0.2) is 6.10 Å². The lowest BCUT2D eigenvalue weighted by atomic mass is 10.1. The highest BCUT2D eigenvalue weighted by Crippen LogP contribution is 2.35. The molecule has 0 aromatic carbocycles. The highest BCUT2D eigenvalue weighted by atomic mass is 31.2. The smallest absolute Gasteiger partial charge is 0.458 e. The van der Waals surface area contributed by atoms with Crippen molar-refractivity contribution in [3.63, 3.8) is 0 Å². The normalized spacial score (nSPS) is 12.7. The Morgan fingerprint density at radius 3 is 1.57 bits per heavy atom. The average molecular weight is 645 g/mol. The fraction of sp³-hybridized carbons (Fsp3) is 0.829. The Kier molecular flexibility index (Phi) is 30.5. The van der Waals surface area contributed by atoms with E-state index in [1.807, 2.05) is 6.08 Å². The minimum atomic E-state index is -4.76. The molecular weight excluding hydrogens is 579 g/mol. The Balaban J connectivity index is 4.09. The summed E-state index contributed by atoms with van der Waals surface area (Å²) in [4.78, 5) is 42.4. The monoisotopic (exact) mass is 644 g/mol. The van der Waals surface area contributed by atoms with E-state index >= 15 is 0 Å². The molecule has 8 nitrogen and oxygen atoms in total. The molecule has 0 aliphatic heterocycles. The molecule has 0 spiro atoms. The first-order valence-corrected chi connectivity index (χ1v) is 19.2. The molecule has 0 unspecified atom stereocenters. The Bertz CT molecular complexity index is 777. The lowest BCUT2D eigenvalue weighted by Crippen LogP contribution is -2.29. The van der Waals surface area contributed by atoms with Gasteiger partial charge in [-0.3, -0.25) is 9.32 Å². The molecule has 258 valence electrons. The van der Waals surface area contributed by atoms with E-state index in [0.717, 1.165) is 32.1 Å². The molecule has 0 heterocycles. The zero-order chi connectivity index (χ0) is 32.6. The van der Waals surface area contributed by atoms with Crippen molar-refractivity contribution in [3.05, 3.63) is 24.3 Å². The number of allylic oxidation sites excluding steroid dienone is 3. The summed E-state index contributed by atoms with van der Waals surface area (Å²) in [6.45, 7) is 3.55. The molecule has 2 N–H and O–H groups in total. The van der Waals surface area contributed by atoms with Crippen LogP contribution in [0.1, 0.15) is 168 Å². The summed E-state index contributed by atoms with van der Waals surface area (Å²) >= 11 is 0. The lowest BCUT2D eigenvalue weighted by Gasteiger charge is -2.18. The quantitative estimate of drug-likeness (QED) is 0.0244. The van der Waals surface area contributed by atoms with Crippen LogP contribution in [0.4, 0.5) is 0 Å². The van der Waals surface area contributed by atoms with E-state index in [-0.39, 0.29) is 13.0 Å². The Morgan fingerprint density at radius 1 is 0.636 bits per heavy atom. The Labute approximate surface area is 269 Å². The number of phosphoric acid groups is 1. The lowest BCUT2D eigenvalue weighted by molar-refractivity contribution is -0.159. The van der Waals surface area contributed by atoms with Crippen LogP contribution in [0.5, 0.6) is 0 Å². The second kappa shape index (κ2) is 31.5. The van der Waals surface area contributed by atoms with Crippen LogP contribution in [-0.2, 0) is 28.2 Å². The van der Waals surface area contributed by atoms with E-state index in [9.17, 15) is 14.2 Å². The topological polar surface area (TPSA) is 119 Å². The maximum absolute atomic E-state index is 12.3. The molecule has 0 amide bonds. The van der Waals surface area contributed by atoms with Gasteiger partial charge in [-0.15, -0.1) is 0 Å². The third-order valence-electron chi connectivity index (χ3n) is 7.58. The fourth-order valence-electron chi connectivity index (χ4n) is 4.93. The first kappa shape index (κ1) is 42.5. The minimum Gasteiger partial charge on any atom is -0.458 e. The van der Waals surface area contributed by atoms with Crippen molar-refractivity contribution in [1.82, 2.24) is 0 Å². The van der Waals surface area contributed by atoms with Crippen LogP contribution >= 0.6 is 7.82 Å². The first-order valence-electron chi connectivity index (χ1n) is 17.7. The summed E-state index contributed by atoms with van der Waals surface area (Å²) in [7, 11) is -4.76. The van der Waals surface area contributed by atoms with Crippen LogP contribution in [-0.4, -0.2) is 41.0 Å². The van der Waals surface area contributed by atoms with Gasteiger partial charge in [0, 0.05) is 12.5 Å². The molecule has 0 radical (unpaired) electrons. The Morgan fingerprint density at radius 2 is 1.09 bits per heavy atom. The summed E-state index contributed by atoms with van der Waals surface area (Å²) in [6.07, 6.45) is 33.9. The van der Waals surface area contributed by atoms with Crippen molar-refractivity contribution >= 4 is 19.8 Å². The van der Waals surface area contributed by atoms with E-state index in [1.165, 1.54) is 115 Å². The minimum absolute atomic E-state index is 0.196. The summed E-state index contributed by atoms with van der Waals surface area (Å²) in [5.41, 5.74) is 0. The number of phosphoric ester groups is 1. The van der Waals surface area contributed by atoms with Crippen LogP contribution in [0.3, 0.4) is 0 Å². The zero-order valence-electron chi connectivity index (χ0n) is 28.1. The number of carbonyl (C=O) groups excluding carboxylic acids is 2. The molecule has 0 fully saturated rings. The summed E-state index contributed by atoms with van der Waals surface area (Å²) < 4.78 is 26.0. The van der Waals surface area contributed by atoms with E-state index < -0.39 is 32.5 Å². The largest absolute Gasteiger partial charge is 0.469 e. The SMILES string of the molecule is CCCCCCCCCCCCC/C=C/C=C/C(=O)OC[C@H](COP(=O)(O)O)OC(=O)CCCCCCCCCCCCC. The van der Waals surface area contributed by atoms with Gasteiger partial charge in [0.25, 0.3) is 0 Å². The van der Waals surface area contributed by atoms with E-state index in [1.54, 1.807) is 12.2 Å². The standard InChI is InChI=1S/C35H65O8P/c1-3-5-7-9-11-13-15-16-17-18-20-21-23-25-27-29-34(36)41-31-33(32-42-44(38,39)40)43-35(37)30-28-26-24-22-19-14-12-10-8-6-4-2/h23,25,27,29,33H,3-22,24,26,28,30-32H2,1-2H3,(H2,38,39,40)/b25-23+,29-27+/t33-/m1/s1. The number of unbranched alkanes of at least 4 members (excludes halogenated alkanes) is 21. The van der Waals surface area contributed by atoms with Crippen molar-refractivity contribution in [3.8, 4) is 0 Å². The van der Waals surface area contributed by atoms with Gasteiger partial charge in [0.05, 0.1) is 6.61 Å². The van der Waals surface area contributed by atoms with Gasteiger partial charge < -0.3 is 19.3 Å². The van der Waals surface area contributed by atoms with Gasteiger partial charge in [0.2, 0.25) is 0 Å². The fourth-order valence-corrected chi connectivity index (χ4v) is 5.29. The van der Waals surface area contributed by atoms with Gasteiger partial charge in [0.1, 0.15) is 6.61 Å². The molecular formula is C35H65O8P. The molecule has 0 aromatic heterocycles. The molecule has 9 heteroatoms. The van der Waals surface area contributed by atoms with Gasteiger partial charge in [-0.05, 0) is 19.3 Å². The van der Waals surface area contributed by atoms with E-state index in [4.69, 9.17) is 19.3 Å². The Hall–Kier alpha value is -1.47. The predicted molar refractivity (Wildman–Crippen MR) is 179 cm³/mol. The van der Waals surface area contributed by atoms with E-state index in [2.05, 4.69) is 18.4 Å². The third-order valence-corrected chi connectivity index (χ3v) is 8.06. The van der Waals surface area contributed by atoms with Crippen LogP contribution in [0, 0.1) is 0 Å². The van der Waals surface area contributed by atoms with E-state index in [0.29, 0.717) is 6.42 Å². The van der Waals surface area contributed by atoms with Crippen LogP contribution < -0.4 is 0 Å². The molecule has 0 aliphatic carbocycles. The first-order chi connectivity index (χ1) is 21.3. The molecule has 0 bridgehead atoms. The van der Waals surface area contributed by atoms with Crippen molar-refractivity contribution in [2.75, 3.05) is 13.2 Å². The predicted octanol–water partition coefficient (Wildman–Crippen LogP) is 10.1.